The Morgan fingerprint density at radius 1 is 0.491 bits per heavy atom. The smallest absolute Gasteiger partial charge is 0.133 e. The van der Waals surface area contributed by atoms with Crippen LogP contribution in [-0.4, -0.2) is 20.7 Å². The summed E-state index contributed by atoms with van der Waals surface area (Å²) in [5, 5.41) is 32.2. The molecule has 0 aliphatic heterocycles. The molecule has 3 rings (SSSR count). The number of phenolic OH excluding ortho intramolecular Hbond substituents is 3. The first-order valence-electron chi connectivity index (χ1n) is 34.3. The summed E-state index contributed by atoms with van der Waals surface area (Å²) in [7, 11) is 0. The molecule has 0 radical (unpaired) electrons. The maximum atomic E-state index is 11.3. The highest BCUT2D eigenvalue weighted by Gasteiger charge is 2.29. The summed E-state index contributed by atoms with van der Waals surface area (Å²) in [4.78, 5) is 0. The minimum atomic E-state index is -3.91. The Morgan fingerprint density at radius 2 is 0.764 bits per heavy atom. The van der Waals surface area contributed by atoms with E-state index in [0.29, 0.717) is 11.1 Å². The van der Waals surface area contributed by atoms with Crippen LogP contribution in [0, 0.1) is 0 Å². The fourth-order valence-electron chi connectivity index (χ4n) is 4.17. The van der Waals surface area contributed by atoms with Crippen LogP contribution in [0.5, 0.6) is 17.2 Å². The van der Waals surface area contributed by atoms with Gasteiger partial charge in [-0.05, 0) is 99.3 Å². The van der Waals surface area contributed by atoms with Crippen LogP contribution < -0.4 is 0 Å². The average molecular weight is 1040 g/mol. The molecule has 0 bridgehead atoms. The Bertz CT molecular complexity index is 2620. The quantitative estimate of drug-likeness (QED) is 0.197. The Kier molecular flexibility index (Phi) is 7.46. The van der Waals surface area contributed by atoms with Crippen molar-refractivity contribution in [3.63, 3.8) is 0 Å². The van der Waals surface area contributed by atoms with Crippen LogP contribution in [0.25, 0.3) is 0 Å². The van der Waals surface area contributed by atoms with E-state index >= 15 is 0 Å². The van der Waals surface area contributed by atoms with Crippen molar-refractivity contribution in [1.82, 2.24) is 0 Å². The van der Waals surface area contributed by atoms with Gasteiger partial charge in [0.1, 0.15) is 17.2 Å². The molecule has 0 heterocycles. The second-order valence-corrected chi connectivity index (χ2v) is 16.9. The first-order chi connectivity index (χ1) is 39.7. The number of alkyl halides is 2. The van der Waals surface area contributed by atoms with Gasteiger partial charge in [0.15, 0.2) is 0 Å². The molecule has 0 aliphatic carbocycles. The zero-order valence-corrected chi connectivity index (χ0v) is 38.2. The molecule has 0 atom stereocenters. The monoisotopic (exact) mass is 1030 g/mol. The summed E-state index contributed by atoms with van der Waals surface area (Å²) in [5.74, 6) is -3.30. The van der Waals surface area contributed by atoms with Crippen molar-refractivity contribution >= 4 is 67.4 Å². The fraction of sp³-hybridized carbons (Fsp3) is 0.617. The van der Waals surface area contributed by atoms with Gasteiger partial charge < -0.3 is 15.3 Å². The van der Waals surface area contributed by atoms with Crippen molar-refractivity contribution in [2.45, 2.75) is 182 Å². The predicted octanol–water partition coefficient (Wildman–Crippen LogP) is 17.1. The van der Waals surface area contributed by atoms with E-state index in [2.05, 4.69) is 44.2 Å². The van der Waals surface area contributed by atoms with Crippen molar-refractivity contribution in [2.75, 3.05) is 5.34 Å². The first-order valence-corrected chi connectivity index (χ1v) is 21.3. The van der Waals surface area contributed by atoms with E-state index in [1.165, 1.54) is 39.0 Å². The highest BCUT2D eigenvalue weighted by atomic mass is 80.9. The van der Waals surface area contributed by atoms with Crippen LogP contribution in [-0.2, 0) is 37.9 Å². The number of phenols is 3. The average Bonchev–Trinajstić information content (AvgIpc) is 0.703. The molecule has 0 amide bonds. The molecule has 0 unspecified atom stereocenters. The van der Waals surface area contributed by atoms with Crippen LogP contribution in [0.15, 0.2) is 46.9 Å². The van der Waals surface area contributed by atoms with Crippen molar-refractivity contribution in [2.24, 2.45) is 0 Å². The zero-order valence-electron chi connectivity index (χ0n) is 68.9. The fourth-order valence-corrected chi connectivity index (χ4v) is 4.63. The normalized spacial score (nSPS) is 25.2. The maximum Gasteiger partial charge on any atom is 0.133 e. The lowest BCUT2D eigenvalue weighted by Crippen LogP contribution is -2.21. The Labute approximate surface area is 423 Å². The van der Waals surface area contributed by atoms with Crippen molar-refractivity contribution in [3.05, 3.63) is 85.9 Å². The highest BCUT2D eigenvalue weighted by Crippen LogP contribution is 2.43. The van der Waals surface area contributed by atoms with Crippen molar-refractivity contribution in [3.8, 4) is 17.2 Å². The molecule has 0 saturated heterocycles. The topological polar surface area (TPSA) is 60.7 Å². The third kappa shape index (κ3) is 18.7. The van der Waals surface area contributed by atoms with Crippen LogP contribution in [0.1, 0.15) is 234 Å². The van der Waals surface area contributed by atoms with Gasteiger partial charge in [-0.2, -0.15) is 0 Å². The van der Waals surface area contributed by atoms with Gasteiger partial charge >= 0.3 is 0 Å². The molecule has 55 heavy (non-hydrogen) atoms. The van der Waals surface area contributed by atoms with Crippen LogP contribution >= 0.6 is 67.4 Å². The Hall–Kier alpha value is -0.920. The predicted molar refractivity (Wildman–Crippen MR) is 257 cm³/mol. The van der Waals surface area contributed by atoms with Gasteiger partial charge in [-0.25, -0.2) is 0 Å². The van der Waals surface area contributed by atoms with E-state index in [1.54, 1.807) is 41.5 Å². The second kappa shape index (κ2) is 21.4. The molecular formula is C47H75Br3Cl2O3. The lowest BCUT2D eigenvalue weighted by Gasteiger charge is -2.31. The Morgan fingerprint density at radius 3 is 1.07 bits per heavy atom. The van der Waals surface area contributed by atoms with Gasteiger partial charge in [0.25, 0.3) is 0 Å². The third-order valence-electron chi connectivity index (χ3n) is 7.31. The molecule has 3 aromatic carbocycles. The summed E-state index contributed by atoms with van der Waals surface area (Å²) in [6, 6.07) is 6.00. The minimum absolute atomic E-state index is 0.0389. The molecule has 3 N–H and O–H groups in total. The number of hydrogen-bond acceptors (Lipinski definition) is 3. The Balaban J connectivity index is 0. The molecule has 0 fully saturated rings. The number of benzene rings is 3. The molecule has 8 heteroatoms. The summed E-state index contributed by atoms with van der Waals surface area (Å²) in [6.45, 7) is -29.1. The summed E-state index contributed by atoms with van der Waals surface area (Å²) in [6.07, 6.45) is 0. The van der Waals surface area contributed by atoms with Crippen LogP contribution in [0.2, 0.25) is 0 Å². The van der Waals surface area contributed by atoms with Crippen LogP contribution in [0.3, 0.4) is 0 Å². The van der Waals surface area contributed by atoms with Gasteiger partial charge in [0.05, 0.1) is 11.2 Å². The molecule has 0 saturated carbocycles. The van der Waals surface area contributed by atoms with E-state index < -0.39 is 166 Å². The summed E-state index contributed by atoms with van der Waals surface area (Å²) < 4.78 is 291. The highest BCUT2D eigenvalue weighted by molar-refractivity contribution is 9.93. The first kappa shape index (κ1) is 19.2. The molecule has 3 nitrogen and oxygen atoms in total. The van der Waals surface area contributed by atoms with E-state index in [0.717, 1.165) is 18.2 Å². The van der Waals surface area contributed by atoms with E-state index in [9.17, 15) is 15.3 Å². The summed E-state index contributed by atoms with van der Waals surface area (Å²) >= 11 is 18.1. The molecule has 0 aliphatic rings. The van der Waals surface area contributed by atoms with Gasteiger partial charge in [0.2, 0.25) is 0 Å². The van der Waals surface area contributed by atoms with Gasteiger partial charge in [-0.1, -0.05) is 175 Å². The van der Waals surface area contributed by atoms with E-state index in [4.69, 9.17) is 73.9 Å². The van der Waals surface area contributed by atoms with Gasteiger partial charge in [-0.3, -0.25) is 0 Å². The summed E-state index contributed by atoms with van der Waals surface area (Å²) in [5.41, 5.74) is -20.0. The molecule has 316 valence electrons. The number of hydrogen-bond donors (Lipinski definition) is 3. The molecule has 3 aromatic rings. The van der Waals surface area contributed by atoms with Gasteiger partial charge in [0, 0.05) is 83.2 Å². The van der Waals surface area contributed by atoms with Crippen molar-refractivity contribution in [1.29, 1.82) is 0 Å². The zero-order chi connectivity index (χ0) is 75.4. The second-order valence-electron chi connectivity index (χ2n) is 15.3. The van der Waals surface area contributed by atoms with Crippen molar-refractivity contribution < 1.29 is 66.0 Å². The maximum absolute atomic E-state index is 11.3. The number of aromatic hydroxyl groups is 3. The molecular weight excluding hydrogens is 923 g/mol. The standard InChI is InChI=1S/C18H30O.C14H21BrO.C14H22O.CH2Cl2.Br2/c1-16(2,3)12-10-13(17(4,5)6)15(19)14(11-12)18(7,8)9;1-13(2,3)9-7-10(14(4,5)6)12(16)11(15)8-9;1-13(2,3)10-7-8-12(15)11(9-10)14(4,5)6;2-1-3;1-2/h10-11,19H,1-9H3;7-8,16H,1-6H3;7-9,15H,1-6H3;1H2;/i4D3,5D3,6D3,7D3,8D3,9D3;4D3,5D3,6D3;4D3,5D3,6D3,8D;;. The van der Waals surface area contributed by atoms with Crippen LogP contribution in [0.4, 0.5) is 0 Å². The SMILES string of the molecule is BrBr.ClCCl.[2H]C([2H])([2H])C(c1cc(C(C)(C)C)cc(Br)c1O)(C([2H])([2H])[2H])C([2H])([2H])[2H].[2H]C([2H])([2H])C(c1cc(C(C)(C)C)cc(C(C([2H])([2H])[2H])(C([2H])([2H])[2H])C([2H])([2H])[2H])c1O)(C([2H])([2H])[2H])C([2H])([2H])[2H].[2H]c1cc(C(C)(C)C)cc(C(C([2H])([2H])[2H])(C([2H])([2H])[2H])C([2H])([2H])[2H])c1O. The minimum Gasteiger partial charge on any atom is -0.508 e. The van der Waals surface area contributed by atoms with E-state index in [-0.39, 0.29) is 15.4 Å². The lowest BCUT2D eigenvalue weighted by atomic mass is 9.75. The van der Waals surface area contributed by atoms with Gasteiger partial charge in [-0.15, -0.1) is 23.2 Å². The third-order valence-corrected chi connectivity index (χ3v) is 7.91. The molecule has 0 aromatic heterocycles. The number of halogens is 5. The largest absolute Gasteiger partial charge is 0.508 e. The molecule has 0 spiro atoms. The lowest BCUT2D eigenvalue weighted by molar-refractivity contribution is 0.420. The van der Waals surface area contributed by atoms with E-state index in [1.807, 2.05) is 0 Å². The number of rotatable bonds is 0.